The van der Waals surface area contributed by atoms with Crippen LogP contribution in [0.5, 0.6) is 5.88 Å². The molecule has 114 valence electrons. The van der Waals surface area contributed by atoms with E-state index in [1.54, 1.807) is 7.11 Å². The third kappa shape index (κ3) is 5.32. The second kappa shape index (κ2) is 11.4. The van der Waals surface area contributed by atoms with Crippen LogP contribution >= 0.6 is 0 Å². The Morgan fingerprint density at radius 3 is 2.35 bits per heavy atom. The molecule has 1 fully saturated rings. The van der Waals surface area contributed by atoms with E-state index in [9.17, 15) is 0 Å². The Labute approximate surface area is 123 Å². The molecule has 20 heavy (non-hydrogen) atoms. The van der Waals surface area contributed by atoms with Crippen molar-refractivity contribution in [1.29, 1.82) is 0 Å². The maximum Gasteiger partial charge on any atom is 0.216 e. The number of rotatable bonds is 3. The van der Waals surface area contributed by atoms with Crippen LogP contribution in [0, 0.1) is 0 Å². The number of aryl methyl sites for hydroxylation is 1. The Balaban J connectivity index is 0.000000829. The number of hydrogen-bond acceptors (Lipinski definition) is 3. The van der Waals surface area contributed by atoms with Crippen LogP contribution in [0.3, 0.4) is 0 Å². The minimum atomic E-state index is 0.734. The van der Waals surface area contributed by atoms with Crippen LogP contribution in [0.4, 0.5) is 0 Å². The molecule has 2 rings (SSSR count). The topological polar surface area (TPSA) is 39.2 Å². The highest BCUT2D eigenvalue weighted by molar-refractivity contribution is 5.31. The SMILES string of the molecule is C=O.CC.CCc1cc(C2CCCCC2)cnc1OC. The second-order valence-corrected chi connectivity index (χ2v) is 4.63. The molecule has 0 radical (unpaired) electrons. The molecule has 0 aromatic carbocycles. The fraction of sp³-hybridized carbons (Fsp3) is 0.647. The Morgan fingerprint density at radius 2 is 1.85 bits per heavy atom. The number of hydrogen-bond donors (Lipinski definition) is 0. The Morgan fingerprint density at radius 1 is 1.25 bits per heavy atom. The van der Waals surface area contributed by atoms with E-state index >= 15 is 0 Å². The van der Waals surface area contributed by atoms with Crippen LogP contribution in [0.1, 0.15) is 69.9 Å². The molecule has 0 unspecified atom stereocenters. The van der Waals surface area contributed by atoms with Gasteiger partial charge in [0, 0.05) is 11.8 Å². The Kier molecular flexibility index (Phi) is 10.7. The zero-order valence-electron chi connectivity index (χ0n) is 13.4. The summed E-state index contributed by atoms with van der Waals surface area (Å²) in [5, 5.41) is 0. The Hall–Kier alpha value is -1.38. The van der Waals surface area contributed by atoms with Gasteiger partial charge in [0.25, 0.3) is 0 Å². The summed E-state index contributed by atoms with van der Waals surface area (Å²) in [4.78, 5) is 12.4. The van der Waals surface area contributed by atoms with Crippen LogP contribution in [0.25, 0.3) is 0 Å². The average Bonchev–Trinajstić information content (AvgIpc) is 2.58. The van der Waals surface area contributed by atoms with Gasteiger partial charge in [-0.15, -0.1) is 0 Å². The molecule has 0 aliphatic heterocycles. The van der Waals surface area contributed by atoms with E-state index < -0.39 is 0 Å². The van der Waals surface area contributed by atoms with Gasteiger partial charge in [0.1, 0.15) is 6.79 Å². The summed E-state index contributed by atoms with van der Waals surface area (Å²) in [5.74, 6) is 1.53. The summed E-state index contributed by atoms with van der Waals surface area (Å²) in [5.41, 5.74) is 2.66. The van der Waals surface area contributed by atoms with E-state index in [1.165, 1.54) is 43.2 Å². The molecule has 0 bridgehead atoms. The van der Waals surface area contributed by atoms with Gasteiger partial charge in [-0.3, -0.25) is 0 Å². The van der Waals surface area contributed by atoms with Gasteiger partial charge in [0.05, 0.1) is 7.11 Å². The van der Waals surface area contributed by atoms with E-state index in [0.717, 1.165) is 18.2 Å². The van der Waals surface area contributed by atoms with E-state index in [1.807, 2.05) is 26.8 Å². The molecular weight excluding hydrogens is 250 g/mol. The monoisotopic (exact) mass is 279 g/mol. The van der Waals surface area contributed by atoms with Crippen LogP contribution in [-0.2, 0) is 11.2 Å². The average molecular weight is 279 g/mol. The lowest BCUT2D eigenvalue weighted by Gasteiger charge is -2.22. The normalized spacial score (nSPS) is 14.4. The summed E-state index contributed by atoms with van der Waals surface area (Å²) in [6.45, 7) is 8.16. The summed E-state index contributed by atoms with van der Waals surface area (Å²) in [6, 6.07) is 2.29. The standard InChI is InChI=1S/C14H21NO.C2H6.CH2O/c1-3-11-9-13(10-15-14(11)16-2)12-7-5-4-6-8-12;2*1-2/h9-10,12H,3-8H2,1-2H3;1-2H3;1H2. The lowest BCUT2D eigenvalue weighted by Crippen LogP contribution is -2.06. The molecule has 0 amide bonds. The zero-order chi connectivity index (χ0) is 15.4. The maximum atomic E-state index is 8.00. The lowest BCUT2D eigenvalue weighted by molar-refractivity contribution is -0.0979. The number of carbonyl (C=O) groups excluding carboxylic acids is 1. The highest BCUT2D eigenvalue weighted by atomic mass is 16.5. The van der Waals surface area contributed by atoms with Crippen molar-refractivity contribution < 1.29 is 9.53 Å². The smallest absolute Gasteiger partial charge is 0.216 e. The van der Waals surface area contributed by atoms with Crippen molar-refractivity contribution >= 4 is 6.79 Å². The van der Waals surface area contributed by atoms with Gasteiger partial charge in [-0.1, -0.05) is 40.0 Å². The minimum Gasteiger partial charge on any atom is -0.481 e. The van der Waals surface area contributed by atoms with Gasteiger partial charge in [-0.2, -0.15) is 0 Å². The first-order valence-electron chi connectivity index (χ1n) is 7.66. The first kappa shape index (κ1) is 18.6. The molecule has 3 heteroatoms. The number of aromatic nitrogens is 1. The van der Waals surface area contributed by atoms with Crippen LogP contribution in [0.2, 0.25) is 0 Å². The highest BCUT2D eigenvalue weighted by Gasteiger charge is 2.17. The number of methoxy groups -OCH3 is 1. The Bertz CT molecular complexity index is 360. The van der Waals surface area contributed by atoms with Gasteiger partial charge in [0.15, 0.2) is 0 Å². The molecule has 1 aromatic heterocycles. The van der Waals surface area contributed by atoms with Crippen molar-refractivity contribution in [2.24, 2.45) is 0 Å². The summed E-state index contributed by atoms with van der Waals surface area (Å²) >= 11 is 0. The lowest BCUT2D eigenvalue weighted by atomic mass is 9.84. The molecule has 1 aliphatic rings. The number of carbonyl (C=O) groups is 1. The van der Waals surface area contributed by atoms with Gasteiger partial charge >= 0.3 is 0 Å². The van der Waals surface area contributed by atoms with E-state index in [4.69, 9.17) is 9.53 Å². The molecule has 1 aromatic rings. The molecule has 1 heterocycles. The zero-order valence-corrected chi connectivity index (χ0v) is 13.4. The summed E-state index contributed by atoms with van der Waals surface area (Å²) in [6.07, 6.45) is 9.82. The van der Waals surface area contributed by atoms with Crippen LogP contribution < -0.4 is 4.74 Å². The van der Waals surface area contributed by atoms with Crippen molar-refractivity contribution in [3.63, 3.8) is 0 Å². The van der Waals surface area contributed by atoms with E-state index in [2.05, 4.69) is 18.0 Å². The van der Waals surface area contributed by atoms with E-state index in [0.29, 0.717) is 0 Å². The van der Waals surface area contributed by atoms with Crippen molar-refractivity contribution in [3.8, 4) is 5.88 Å². The minimum absolute atomic E-state index is 0.734. The highest BCUT2D eigenvalue weighted by Crippen LogP contribution is 2.33. The molecule has 3 nitrogen and oxygen atoms in total. The van der Waals surface area contributed by atoms with Crippen molar-refractivity contribution in [2.75, 3.05) is 7.11 Å². The van der Waals surface area contributed by atoms with Crippen LogP contribution in [-0.4, -0.2) is 18.9 Å². The molecular formula is C17H29NO2. The maximum absolute atomic E-state index is 8.00. The van der Waals surface area contributed by atoms with Gasteiger partial charge in [0.2, 0.25) is 5.88 Å². The molecule has 0 N–H and O–H groups in total. The molecule has 0 saturated heterocycles. The third-order valence-electron chi connectivity index (χ3n) is 3.60. The summed E-state index contributed by atoms with van der Waals surface area (Å²) in [7, 11) is 1.70. The van der Waals surface area contributed by atoms with Gasteiger partial charge in [-0.05, 0) is 36.8 Å². The summed E-state index contributed by atoms with van der Waals surface area (Å²) < 4.78 is 5.27. The van der Waals surface area contributed by atoms with Gasteiger partial charge < -0.3 is 9.53 Å². The largest absolute Gasteiger partial charge is 0.481 e. The van der Waals surface area contributed by atoms with Crippen LogP contribution in [0.15, 0.2) is 12.3 Å². The third-order valence-corrected chi connectivity index (χ3v) is 3.60. The first-order valence-corrected chi connectivity index (χ1v) is 7.66. The predicted octanol–water partition coefficient (Wildman–Crippen LogP) is 4.54. The molecule has 1 aliphatic carbocycles. The second-order valence-electron chi connectivity index (χ2n) is 4.63. The van der Waals surface area contributed by atoms with Crippen molar-refractivity contribution in [1.82, 2.24) is 4.98 Å². The quantitative estimate of drug-likeness (QED) is 0.815. The molecule has 0 atom stereocenters. The number of ether oxygens (including phenoxy) is 1. The van der Waals surface area contributed by atoms with E-state index in [-0.39, 0.29) is 0 Å². The fourth-order valence-corrected chi connectivity index (χ4v) is 2.61. The van der Waals surface area contributed by atoms with Crippen molar-refractivity contribution in [3.05, 3.63) is 23.4 Å². The number of nitrogens with zero attached hydrogens (tertiary/aromatic N) is 1. The number of pyridine rings is 1. The molecule has 1 saturated carbocycles. The molecule has 0 spiro atoms. The predicted molar refractivity (Wildman–Crippen MR) is 84.5 cm³/mol. The fourth-order valence-electron chi connectivity index (χ4n) is 2.61. The van der Waals surface area contributed by atoms with Gasteiger partial charge in [-0.25, -0.2) is 4.98 Å². The van der Waals surface area contributed by atoms with Crippen molar-refractivity contribution in [2.45, 2.75) is 65.2 Å². The first-order chi connectivity index (χ1) is 9.85.